The van der Waals surface area contributed by atoms with Gasteiger partial charge < -0.3 is 0 Å². The van der Waals surface area contributed by atoms with E-state index in [1.807, 2.05) is 0 Å². The van der Waals surface area contributed by atoms with Crippen LogP contribution in [0.15, 0.2) is 29.8 Å². The van der Waals surface area contributed by atoms with E-state index in [0.29, 0.717) is 11.1 Å². The highest BCUT2D eigenvalue weighted by Crippen LogP contribution is 1.87. The lowest BCUT2D eigenvalue weighted by atomic mass is 10.1. The maximum Gasteiger partial charge on any atom is 0.150 e. The van der Waals surface area contributed by atoms with Gasteiger partial charge in [-0.05, 0) is 29.0 Å². The first-order valence-corrected chi connectivity index (χ1v) is 4.55. The molecule has 2 nitrogen and oxygen atoms in total. The summed E-state index contributed by atoms with van der Waals surface area (Å²) in [7, 11) is 0. The summed E-state index contributed by atoms with van der Waals surface area (Å²) >= 11 is 0. The summed E-state index contributed by atoms with van der Waals surface area (Å²) in [6, 6.07) is 5.24. The maximum atomic E-state index is 10.5. The second-order valence-electron chi connectivity index (χ2n) is 3.27. The van der Waals surface area contributed by atoms with E-state index in [4.69, 9.17) is 0 Å². The zero-order valence-corrected chi connectivity index (χ0v) is 8.57. The fraction of sp³-hybridized carbons (Fsp3) is 0.0769. The van der Waals surface area contributed by atoms with Gasteiger partial charge >= 0.3 is 0 Å². The van der Waals surface area contributed by atoms with Gasteiger partial charge in [-0.1, -0.05) is 30.9 Å². The van der Waals surface area contributed by atoms with E-state index in [1.165, 1.54) is 0 Å². The van der Waals surface area contributed by atoms with Crippen LogP contribution in [0, 0.1) is 0 Å². The van der Waals surface area contributed by atoms with Crippen molar-refractivity contribution in [3.63, 3.8) is 0 Å². The molecule has 1 rings (SSSR count). The highest BCUT2D eigenvalue weighted by Gasteiger charge is 1.88. The van der Waals surface area contributed by atoms with Gasteiger partial charge in [0.25, 0.3) is 0 Å². The SMILES string of the molecule is C=c1cc(C=O)cc/c1=C/C=C(\C)C=O. The Morgan fingerprint density at radius 1 is 1.33 bits per heavy atom. The molecule has 0 radical (unpaired) electrons. The van der Waals surface area contributed by atoms with Crippen molar-refractivity contribution in [2.45, 2.75) is 6.92 Å². The summed E-state index contributed by atoms with van der Waals surface area (Å²) in [5, 5.41) is 1.68. The molecular weight excluding hydrogens is 188 g/mol. The molecule has 0 saturated carbocycles. The average Bonchev–Trinajstić information content (AvgIpc) is 2.26. The van der Waals surface area contributed by atoms with Crippen LogP contribution < -0.4 is 10.4 Å². The Balaban J connectivity index is 3.22. The average molecular weight is 200 g/mol. The predicted molar refractivity (Wildman–Crippen MR) is 60.9 cm³/mol. The van der Waals surface area contributed by atoms with Gasteiger partial charge in [-0.2, -0.15) is 0 Å². The van der Waals surface area contributed by atoms with Gasteiger partial charge in [-0.25, -0.2) is 0 Å². The number of carbonyl (C=O) groups excluding carboxylic acids is 2. The Hall–Kier alpha value is -1.96. The predicted octanol–water partition coefficient (Wildman–Crippen LogP) is 0.835. The van der Waals surface area contributed by atoms with Gasteiger partial charge in [-0.3, -0.25) is 9.59 Å². The van der Waals surface area contributed by atoms with Gasteiger partial charge in [0.15, 0.2) is 0 Å². The van der Waals surface area contributed by atoms with Gasteiger partial charge in [0.05, 0.1) is 0 Å². The number of hydrogen-bond donors (Lipinski definition) is 0. The minimum absolute atomic E-state index is 0.605. The molecule has 1 aromatic rings. The second-order valence-corrected chi connectivity index (χ2v) is 3.27. The molecule has 0 spiro atoms. The lowest BCUT2D eigenvalue weighted by molar-refractivity contribution is -0.104. The third-order valence-electron chi connectivity index (χ3n) is 2.01. The molecule has 0 aliphatic carbocycles. The number of rotatable bonds is 3. The van der Waals surface area contributed by atoms with Crippen molar-refractivity contribution in [3.05, 3.63) is 45.8 Å². The minimum atomic E-state index is 0.605. The van der Waals surface area contributed by atoms with E-state index in [-0.39, 0.29) is 0 Å². The van der Waals surface area contributed by atoms with E-state index in [0.717, 1.165) is 23.0 Å². The van der Waals surface area contributed by atoms with E-state index in [1.54, 1.807) is 37.3 Å². The van der Waals surface area contributed by atoms with Crippen LogP contribution in [0.25, 0.3) is 12.7 Å². The summed E-state index contributed by atoms with van der Waals surface area (Å²) in [6.45, 7) is 5.55. The van der Waals surface area contributed by atoms with Crippen molar-refractivity contribution < 1.29 is 9.59 Å². The van der Waals surface area contributed by atoms with Crippen LogP contribution in [0.3, 0.4) is 0 Å². The number of carbonyl (C=O) groups is 2. The lowest BCUT2D eigenvalue weighted by Gasteiger charge is -1.90. The number of hydrogen-bond acceptors (Lipinski definition) is 2. The van der Waals surface area contributed by atoms with E-state index >= 15 is 0 Å². The Bertz CT molecular complexity index is 510. The van der Waals surface area contributed by atoms with Crippen molar-refractivity contribution in [2.75, 3.05) is 0 Å². The second kappa shape index (κ2) is 5.05. The molecular formula is C13H12O2. The van der Waals surface area contributed by atoms with Crippen LogP contribution in [0.1, 0.15) is 17.3 Å². The van der Waals surface area contributed by atoms with Crippen molar-refractivity contribution >= 4 is 25.2 Å². The molecule has 0 N–H and O–H groups in total. The standard InChI is InChI=1S/C13H12O2/c1-10(8-14)3-5-13-6-4-12(9-15)7-11(13)2/h3-9H,2H2,1H3/b10-3+,13-5-. The molecule has 0 bridgehead atoms. The zero-order valence-electron chi connectivity index (χ0n) is 8.57. The molecule has 2 heteroatoms. The first-order chi connectivity index (χ1) is 7.17. The third kappa shape index (κ3) is 3.02. The summed E-state index contributed by atoms with van der Waals surface area (Å²) < 4.78 is 0. The van der Waals surface area contributed by atoms with Crippen LogP contribution >= 0.6 is 0 Å². The Kier molecular flexibility index (Phi) is 3.75. The van der Waals surface area contributed by atoms with Gasteiger partial charge in [-0.15, -0.1) is 0 Å². The van der Waals surface area contributed by atoms with Crippen LogP contribution in [0.5, 0.6) is 0 Å². The molecule has 0 heterocycles. The molecule has 0 saturated heterocycles. The van der Waals surface area contributed by atoms with Crippen LogP contribution in [0.4, 0.5) is 0 Å². The molecule has 0 amide bonds. The zero-order chi connectivity index (χ0) is 11.3. The van der Waals surface area contributed by atoms with Gasteiger partial charge in [0, 0.05) is 5.56 Å². The molecule has 0 aromatic heterocycles. The van der Waals surface area contributed by atoms with E-state index < -0.39 is 0 Å². The highest BCUT2D eigenvalue weighted by atomic mass is 16.1. The van der Waals surface area contributed by atoms with Crippen molar-refractivity contribution in [1.82, 2.24) is 0 Å². The molecule has 15 heavy (non-hydrogen) atoms. The summed E-state index contributed by atoms with van der Waals surface area (Å²) in [4.78, 5) is 20.8. The molecule has 0 unspecified atom stereocenters. The van der Waals surface area contributed by atoms with E-state index in [2.05, 4.69) is 6.58 Å². The normalized spacial score (nSPS) is 12.6. The Labute approximate surface area is 88.2 Å². The topological polar surface area (TPSA) is 34.1 Å². The van der Waals surface area contributed by atoms with Gasteiger partial charge in [0.2, 0.25) is 0 Å². The summed E-state index contributed by atoms with van der Waals surface area (Å²) in [5.74, 6) is 0. The van der Waals surface area contributed by atoms with Crippen LogP contribution in [-0.4, -0.2) is 12.6 Å². The largest absolute Gasteiger partial charge is 0.298 e. The van der Waals surface area contributed by atoms with Crippen molar-refractivity contribution in [3.8, 4) is 0 Å². The summed E-state index contributed by atoms with van der Waals surface area (Å²) in [6.07, 6.45) is 5.10. The fourth-order valence-electron chi connectivity index (χ4n) is 1.12. The maximum absolute atomic E-state index is 10.5. The molecule has 0 aliphatic rings. The van der Waals surface area contributed by atoms with Crippen LogP contribution in [0.2, 0.25) is 0 Å². The number of benzene rings is 1. The molecule has 1 aromatic carbocycles. The summed E-state index contributed by atoms with van der Waals surface area (Å²) in [5.41, 5.74) is 1.25. The number of allylic oxidation sites excluding steroid dienone is 2. The van der Waals surface area contributed by atoms with Crippen LogP contribution in [-0.2, 0) is 4.79 Å². The minimum Gasteiger partial charge on any atom is -0.298 e. The Morgan fingerprint density at radius 2 is 2.07 bits per heavy atom. The third-order valence-corrected chi connectivity index (χ3v) is 2.01. The first-order valence-electron chi connectivity index (χ1n) is 4.55. The number of aldehydes is 2. The molecule has 76 valence electrons. The smallest absolute Gasteiger partial charge is 0.150 e. The monoisotopic (exact) mass is 200 g/mol. The molecule has 0 aliphatic heterocycles. The Morgan fingerprint density at radius 3 is 2.60 bits per heavy atom. The van der Waals surface area contributed by atoms with Gasteiger partial charge in [0.1, 0.15) is 12.6 Å². The van der Waals surface area contributed by atoms with Crippen molar-refractivity contribution in [2.24, 2.45) is 0 Å². The first kappa shape index (κ1) is 11.1. The van der Waals surface area contributed by atoms with E-state index in [9.17, 15) is 9.59 Å². The molecule has 0 atom stereocenters. The highest BCUT2D eigenvalue weighted by molar-refractivity contribution is 5.75. The lowest BCUT2D eigenvalue weighted by Crippen LogP contribution is -2.22. The van der Waals surface area contributed by atoms with Crippen molar-refractivity contribution in [1.29, 1.82) is 0 Å². The fourth-order valence-corrected chi connectivity index (χ4v) is 1.12. The quantitative estimate of drug-likeness (QED) is 0.535. The molecule has 0 fully saturated rings.